The fraction of sp³-hybridized carbons (Fsp3) is 0.321. The number of aliphatic carboxylic acids is 1. The predicted molar refractivity (Wildman–Crippen MR) is 165 cm³/mol. The molecule has 0 saturated carbocycles. The molecule has 0 radical (unpaired) electrons. The van der Waals surface area contributed by atoms with Crippen molar-refractivity contribution in [2.24, 2.45) is 0 Å². The first kappa shape index (κ1) is 31.6. The summed E-state index contributed by atoms with van der Waals surface area (Å²) in [6.07, 6.45) is 1.81. The second-order valence-corrected chi connectivity index (χ2v) is 13.9. The fourth-order valence-corrected chi connectivity index (χ4v) is 8.59. The highest BCUT2D eigenvalue weighted by molar-refractivity contribution is 8.21. The van der Waals surface area contributed by atoms with Crippen LogP contribution in [0, 0.1) is 0 Å². The van der Waals surface area contributed by atoms with E-state index in [1.165, 1.54) is 0 Å². The molecule has 0 spiro atoms. The lowest BCUT2D eigenvalue weighted by Crippen LogP contribution is -2.53. The number of halogens is 1. The number of carboxylic acid groups (broad SMARTS) is 2. The Bertz CT molecular complexity index is 1480. The van der Waals surface area contributed by atoms with Gasteiger partial charge in [-0.2, -0.15) is 0 Å². The van der Waals surface area contributed by atoms with Gasteiger partial charge in [0, 0.05) is 29.5 Å². The van der Waals surface area contributed by atoms with Crippen molar-refractivity contribution in [2.45, 2.75) is 44.0 Å². The van der Waals surface area contributed by atoms with Crippen molar-refractivity contribution in [1.82, 2.24) is 4.31 Å². The first-order chi connectivity index (χ1) is 19.8. The van der Waals surface area contributed by atoms with Gasteiger partial charge in [0.1, 0.15) is 5.02 Å². The minimum Gasteiger partial charge on any atom is -0.479 e. The summed E-state index contributed by atoms with van der Waals surface area (Å²) >= 11 is 7.36. The molecule has 0 unspecified atom stereocenters. The third-order valence-corrected chi connectivity index (χ3v) is 10.6. The Balaban J connectivity index is 1.48. The van der Waals surface area contributed by atoms with Crippen molar-refractivity contribution in [3.05, 3.63) is 64.0 Å². The third-order valence-electron chi connectivity index (χ3n) is 6.81. The van der Waals surface area contributed by atoms with Gasteiger partial charge in [-0.25, -0.2) is 13.9 Å². The minimum absolute atomic E-state index is 0.00432. The molecule has 1 atom stereocenters. The van der Waals surface area contributed by atoms with Crippen molar-refractivity contribution in [3.63, 3.8) is 0 Å². The molecule has 3 aromatic rings. The van der Waals surface area contributed by atoms with E-state index in [4.69, 9.17) is 21.4 Å². The van der Waals surface area contributed by atoms with Crippen LogP contribution >= 0.6 is 33.7 Å². The van der Waals surface area contributed by atoms with Crippen LogP contribution in [0.25, 0.3) is 10.4 Å². The molecule has 1 amide bonds. The van der Waals surface area contributed by atoms with E-state index < -0.39 is 34.9 Å². The van der Waals surface area contributed by atoms with Crippen molar-refractivity contribution < 1.29 is 38.4 Å². The Morgan fingerprint density at radius 1 is 1.17 bits per heavy atom. The average molecular weight is 638 g/mol. The zero-order valence-corrected chi connectivity index (χ0v) is 25.3. The van der Waals surface area contributed by atoms with Gasteiger partial charge >= 0.3 is 11.9 Å². The number of nitrogens with zero attached hydrogens (tertiary/aromatic N) is 1. The van der Waals surface area contributed by atoms with Crippen LogP contribution in [0.3, 0.4) is 0 Å². The molecule has 14 heteroatoms. The van der Waals surface area contributed by atoms with Gasteiger partial charge in [-0.15, -0.1) is 22.1 Å². The summed E-state index contributed by atoms with van der Waals surface area (Å²) in [4.78, 5) is 33.7. The van der Waals surface area contributed by atoms with Crippen molar-refractivity contribution in [1.29, 1.82) is 0 Å². The monoisotopic (exact) mass is 637 g/mol. The van der Waals surface area contributed by atoms with Crippen molar-refractivity contribution >= 4 is 63.4 Å². The van der Waals surface area contributed by atoms with Gasteiger partial charge < -0.3 is 25.6 Å². The van der Waals surface area contributed by atoms with Gasteiger partial charge in [0.2, 0.25) is 6.41 Å². The van der Waals surface area contributed by atoms with Crippen LogP contribution in [0.4, 0.5) is 11.4 Å². The predicted octanol–water partition coefficient (Wildman–Crippen LogP) is 6.32. The Kier molecular flexibility index (Phi) is 9.70. The molecule has 2 heterocycles. The summed E-state index contributed by atoms with van der Waals surface area (Å²) in [5.41, 5.74) is 2.12. The molecule has 1 fully saturated rings. The molecular weight excluding hydrogens is 606 g/mol. The highest BCUT2D eigenvalue weighted by Gasteiger charge is 2.41. The number of anilines is 2. The molecule has 6 N–H and O–H groups in total. The van der Waals surface area contributed by atoms with E-state index in [-0.39, 0.29) is 27.4 Å². The number of hydrogen-bond acceptors (Lipinski definition) is 9. The second kappa shape index (κ2) is 12.9. The number of ether oxygens (including phenoxy) is 1. The lowest BCUT2D eigenvalue weighted by atomic mass is 9.89. The largest absolute Gasteiger partial charge is 0.479 e. The minimum atomic E-state index is -3.16. The van der Waals surface area contributed by atoms with E-state index in [0.717, 1.165) is 17.0 Å². The summed E-state index contributed by atoms with van der Waals surface area (Å²) < 4.78 is 29.3. The number of aromatic carboxylic acids is 1. The van der Waals surface area contributed by atoms with Crippen molar-refractivity contribution in [3.8, 4) is 16.2 Å². The maximum Gasteiger partial charge on any atom is 0.349 e. The van der Waals surface area contributed by atoms with E-state index in [1.807, 2.05) is 26.0 Å². The third kappa shape index (κ3) is 7.35. The molecule has 1 aromatic heterocycles. The topological polar surface area (TPSA) is 169 Å². The molecule has 226 valence electrons. The second-order valence-electron chi connectivity index (χ2n) is 10.5. The molecular formula is C28H32ClN3O8S2. The Labute approximate surface area is 253 Å². The van der Waals surface area contributed by atoms with Gasteiger partial charge in [-0.1, -0.05) is 35.9 Å². The Morgan fingerprint density at radius 3 is 2.55 bits per heavy atom. The van der Waals surface area contributed by atoms with Crippen molar-refractivity contribution in [2.75, 3.05) is 23.8 Å². The van der Waals surface area contributed by atoms with Crippen LogP contribution in [0.2, 0.25) is 5.02 Å². The summed E-state index contributed by atoms with van der Waals surface area (Å²) in [5, 5.41) is 24.6. The first-order valence-electron chi connectivity index (χ1n) is 12.9. The lowest BCUT2D eigenvalue weighted by molar-refractivity contribution is -0.139. The SMILES string of the molecule is CC1(C)C[C@@H](Nc2cccc(-c3sc(C(=O)O)c(OCC(=O)O)c3Cl)c2)CCN1S(O)(O)Cc1cccc(NC=O)c1. The van der Waals surface area contributed by atoms with E-state index in [9.17, 15) is 28.6 Å². The highest BCUT2D eigenvalue weighted by Crippen LogP contribution is 2.53. The molecule has 0 aliphatic carbocycles. The summed E-state index contributed by atoms with van der Waals surface area (Å²) in [6, 6.07) is 14.3. The molecule has 1 aliphatic heterocycles. The maximum atomic E-state index is 11.8. The number of benzene rings is 2. The van der Waals surface area contributed by atoms with Crippen LogP contribution < -0.4 is 15.4 Å². The number of carboxylic acids is 2. The van der Waals surface area contributed by atoms with E-state index in [2.05, 4.69) is 10.6 Å². The average Bonchev–Trinajstić information content (AvgIpc) is 3.23. The lowest BCUT2D eigenvalue weighted by Gasteiger charge is -2.55. The summed E-state index contributed by atoms with van der Waals surface area (Å²) in [7, 11) is -3.16. The number of amides is 1. The Morgan fingerprint density at radius 2 is 1.88 bits per heavy atom. The Hall–Kier alpha value is -3.33. The van der Waals surface area contributed by atoms with Crippen LogP contribution in [0.15, 0.2) is 48.5 Å². The molecule has 1 saturated heterocycles. The molecule has 42 heavy (non-hydrogen) atoms. The van der Waals surface area contributed by atoms with Crippen LogP contribution in [-0.2, 0) is 15.3 Å². The molecule has 2 aromatic carbocycles. The number of carbonyl (C=O) groups is 3. The number of thiophene rings is 1. The van der Waals surface area contributed by atoms with E-state index in [0.29, 0.717) is 47.5 Å². The molecule has 1 aliphatic rings. The highest BCUT2D eigenvalue weighted by atomic mass is 35.5. The fourth-order valence-electron chi connectivity index (χ4n) is 5.14. The number of carbonyl (C=O) groups excluding carboxylic acids is 1. The van der Waals surface area contributed by atoms with Crippen LogP contribution in [0.5, 0.6) is 5.75 Å². The summed E-state index contributed by atoms with van der Waals surface area (Å²) in [6.45, 7) is 3.64. The number of rotatable bonds is 12. The smallest absolute Gasteiger partial charge is 0.349 e. The maximum absolute atomic E-state index is 11.8. The van der Waals surface area contributed by atoms with Gasteiger partial charge in [0.05, 0.1) is 10.6 Å². The van der Waals surface area contributed by atoms with Gasteiger partial charge in [-0.3, -0.25) is 13.9 Å². The van der Waals surface area contributed by atoms with Crippen LogP contribution in [-0.4, -0.2) is 66.7 Å². The van der Waals surface area contributed by atoms with E-state index >= 15 is 0 Å². The van der Waals surface area contributed by atoms with E-state index in [1.54, 1.807) is 40.7 Å². The normalized spacial score (nSPS) is 17.3. The number of piperidine rings is 1. The number of nitrogens with one attached hydrogen (secondary N) is 2. The molecule has 4 rings (SSSR count). The summed E-state index contributed by atoms with van der Waals surface area (Å²) in [5.74, 6) is -2.67. The standard InChI is InChI=1S/C28H32ClN3O8S2/c1-28(2)13-21(9-10-32(28)42(38,39)15-17-5-3-7-19(11-17)30-16-33)31-20-8-4-6-18(12-20)25-23(29)24(40-14-22(34)35)26(41-25)27(36)37/h3-8,11-12,16,21,31,38-39H,9-10,13-15H2,1-2H3,(H,30,33)(H,34,35)(H,36,37)/t21-/m0/s1. The zero-order chi connectivity index (χ0) is 30.7. The molecule has 0 bridgehead atoms. The van der Waals surface area contributed by atoms with Gasteiger partial charge in [0.25, 0.3) is 0 Å². The van der Waals surface area contributed by atoms with Gasteiger partial charge in [-0.05, 0) is 62.1 Å². The first-order valence-corrected chi connectivity index (χ1v) is 15.8. The quantitative estimate of drug-likeness (QED) is 0.124. The number of hydrogen-bond donors (Lipinski definition) is 6. The van der Waals surface area contributed by atoms with Gasteiger partial charge in [0.15, 0.2) is 17.2 Å². The molecule has 11 nitrogen and oxygen atoms in total. The van der Waals surface area contributed by atoms with Crippen LogP contribution in [0.1, 0.15) is 41.9 Å². The zero-order valence-electron chi connectivity index (χ0n) is 22.9.